The zero-order chi connectivity index (χ0) is 13.0. The van der Waals surface area contributed by atoms with Crippen molar-refractivity contribution in [1.29, 1.82) is 0 Å². The van der Waals surface area contributed by atoms with Gasteiger partial charge in [-0.15, -0.1) is 0 Å². The number of aryl methyl sites for hydroxylation is 2. The molecule has 2 aromatic carbocycles. The van der Waals surface area contributed by atoms with Gasteiger partial charge in [0.15, 0.2) is 0 Å². The number of hydrogen-bond acceptors (Lipinski definition) is 2. The molecule has 92 valence electrons. The molecule has 0 aliphatic heterocycles. The van der Waals surface area contributed by atoms with E-state index in [9.17, 15) is 0 Å². The Morgan fingerprint density at radius 2 is 1.61 bits per heavy atom. The van der Waals surface area contributed by atoms with Gasteiger partial charge in [0.2, 0.25) is 0 Å². The van der Waals surface area contributed by atoms with Gasteiger partial charge in [0.25, 0.3) is 0 Å². The summed E-state index contributed by atoms with van der Waals surface area (Å²) in [6, 6.07) is 16.7. The highest BCUT2D eigenvalue weighted by molar-refractivity contribution is 8.13. The molecule has 0 aliphatic rings. The first-order valence-electron chi connectivity index (χ1n) is 6.00. The van der Waals surface area contributed by atoms with Crippen molar-refractivity contribution in [3.05, 3.63) is 59.7 Å². The highest BCUT2D eigenvalue weighted by Crippen LogP contribution is 2.24. The van der Waals surface area contributed by atoms with Crippen LogP contribution in [0.2, 0.25) is 0 Å². The molecule has 1 nitrogen and oxygen atoms in total. The summed E-state index contributed by atoms with van der Waals surface area (Å²) in [5.41, 5.74) is 3.55. The van der Waals surface area contributed by atoms with E-state index in [0.717, 1.165) is 10.7 Å². The first-order valence-corrected chi connectivity index (χ1v) is 6.82. The Labute approximate surface area is 113 Å². The summed E-state index contributed by atoms with van der Waals surface area (Å²) in [5, 5.41) is 1.06. The van der Waals surface area contributed by atoms with Crippen LogP contribution in [0.25, 0.3) is 0 Å². The Balaban J connectivity index is 2.15. The molecule has 0 unspecified atom stereocenters. The Bertz CT molecular complexity index is 556. The van der Waals surface area contributed by atoms with Gasteiger partial charge in [-0.2, -0.15) is 0 Å². The molecule has 2 heteroatoms. The zero-order valence-electron chi connectivity index (χ0n) is 11.0. The molecule has 0 heterocycles. The van der Waals surface area contributed by atoms with Gasteiger partial charge in [-0.25, -0.2) is 4.99 Å². The third-order valence-corrected chi connectivity index (χ3v) is 3.57. The number of benzene rings is 2. The Kier molecular flexibility index (Phi) is 4.21. The Morgan fingerprint density at radius 3 is 2.28 bits per heavy atom. The van der Waals surface area contributed by atoms with Crippen molar-refractivity contribution in [3.63, 3.8) is 0 Å². The number of nitrogens with zero attached hydrogens (tertiary/aromatic N) is 1. The second-order valence-corrected chi connectivity index (χ2v) is 5.60. The fourth-order valence-electron chi connectivity index (χ4n) is 1.66. The maximum Gasteiger partial charge on any atom is 0.0755 e. The molecule has 0 aliphatic carbocycles. The summed E-state index contributed by atoms with van der Waals surface area (Å²) in [5.74, 6) is 0. The molecule has 2 rings (SSSR count). The van der Waals surface area contributed by atoms with Crippen LogP contribution >= 0.6 is 11.8 Å². The van der Waals surface area contributed by atoms with Crippen molar-refractivity contribution >= 4 is 22.5 Å². The van der Waals surface area contributed by atoms with Crippen molar-refractivity contribution in [2.24, 2.45) is 4.99 Å². The summed E-state index contributed by atoms with van der Waals surface area (Å²) < 4.78 is 0. The molecule has 18 heavy (non-hydrogen) atoms. The van der Waals surface area contributed by atoms with Crippen molar-refractivity contribution in [2.75, 3.05) is 0 Å². The molecule has 0 saturated heterocycles. The van der Waals surface area contributed by atoms with Crippen LogP contribution < -0.4 is 0 Å². The highest BCUT2D eigenvalue weighted by Gasteiger charge is 1.99. The van der Waals surface area contributed by atoms with E-state index in [-0.39, 0.29) is 0 Å². The third-order valence-electron chi connectivity index (χ3n) is 2.68. The van der Waals surface area contributed by atoms with E-state index in [1.807, 2.05) is 12.1 Å². The van der Waals surface area contributed by atoms with Crippen LogP contribution in [0.3, 0.4) is 0 Å². The summed E-state index contributed by atoms with van der Waals surface area (Å²) in [4.78, 5) is 5.89. The van der Waals surface area contributed by atoms with Gasteiger partial charge in [-0.05, 0) is 44.5 Å². The van der Waals surface area contributed by atoms with E-state index in [2.05, 4.69) is 62.2 Å². The summed E-state index contributed by atoms with van der Waals surface area (Å²) >= 11 is 1.71. The van der Waals surface area contributed by atoms with Crippen molar-refractivity contribution in [3.8, 4) is 0 Å². The topological polar surface area (TPSA) is 12.4 Å². The number of thioether (sulfide) groups is 1. The fourth-order valence-corrected chi connectivity index (χ4v) is 2.42. The molecule has 0 saturated carbocycles. The average Bonchev–Trinajstić information content (AvgIpc) is 2.35. The molecular weight excluding hydrogens is 238 g/mol. The van der Waals surface area contributed by atoms with E-state index in [4.69, 9.17) is 0 Å². The van der Waals surface area contributed by atoms with Gasteiger partial charge in [0.1, 0.15) is 0 Å². The van der Waals surface area contributed by atoms with Crippen LogP contribution in [0.4, 0.5) is 5.69 Å². The fraction of sp³-hybridized carbons (Fsp3) is 0.188. The molecule has 2 aromatic rings. The quantitative estimate of drug-likeness (QED) is 0.411. The summed E-state index contributed by atoms with van der Waals surface area (Å²) in [6.07, 6.45) is 0. The van der Waals surface area contributed by atoms with Gasteiger partial charge in [-0.3, -0.25) is 0 Å². The zero-order valence-corrected chi connectivity index (χ0v) is 11.8. The monoisotopic (exact) mass is 255 g/mol. The predicted octanol–water partition coefficient (Wildman–Crippen LogP) is 5.15. The normalized spacial score (nSPS) is 11.6. The van der Waals surface area contributed by atoms with E-state index in [0.29, 0.717) is 0 Å². The van der Waals surface area contributed by atoms with E-state index in [1.54, 1.807) is 11.8 Å². The van der Waals surface area contributed by atoms with E-state index >= 15 is 0 Å². The summed E-state index contributed by atoms with van der Waals surface area (Å²) in [6.45, 7) is 6.24. The van der Waals surface area contributed by atoms with Crippen molar-refractivity contribution in [1.82, 2.24) is 0 Å². The molecule has 0 bridgehead atoms. The average molecular weight is 255 g/mol. The minimum absolute atomic E-state index is 1.05. The molecule has 0 N–H and O–H groups in total. The maximum atomic E-state index is 4.66. The standard InChI is InChI=1S/C16H17NS/c1-12-8-10-15(11-9-12)18-14(3)17-16-7-5-4-6-13(16)2/h4-11H,1-3H3. The Morgan fingerprint density at radius 1 is 0.944 bits per heavy atom. The van der Waals surface area contributed by atoms with Gasteiger partial charge in [-0.1, -0.05) is 47.7 Å². The van der Waals surface area contributed by atoms with Crippen LogP contribution in [0.1, 0.15) is 18.1 Å². The van der Waals surface area contributed by atoms with Gasteiger partial charge in [0, 0.05) is 4.90 Å². The SMILES string of the molecule is CC(=Nc1ccccc1C)Sc1ccc(C)cc1. The first-order chi connectivity index (χ1) is 8.65. The molecule has 0 radical (unpaired) electrons. The number of rotatable bonds is 2. The van der Waals surface area contributed by atoms with E-state index < -0.39 is 0 Å². The maximum absolute atomic E-state index is 4.66. The van der Waals surface area contributed by atoms with Crippen LogP contribution in [0, 0.1) is 13.8 Å². The van der Waals surface area contributed by atoms with Gasteiger partial charge in [0.05, 0.1) is 10.7 Å². The molecule has 0 fully saturated rings. The number of hydrogen-bond donors (Lipinski definition) is 0. The lowest BCUT2D eigenvalue weighted by Gasteiger charge is -2.03. The van der Waals surface area contributed by atoms with Crippen LogP contribution in [0.5, 0.6) is 0 Å². The summed E-state index contributed by atoms with van der Waals surface area (Å²) in [7, 11) is 0. The number of para-hydroxylation sites is 1. The lowest BCUT2D eigenvalue weighted by molar-refractivity contribution is 1.38. The second kappa shape index (κ2) is 5.87. The predicted molar refractivity (Wildman–Crippen MR) is 81.0 cm³/mol. The van der Waals surface area contributed by atoms with Crippen molar-refractivity contribution in [2.45, 2.75) is 25.7 Å². The lowest BCUT2D eigenvalue weighted by atomic mass is 10.2. The smallest absolute Gasteiger partial charge is 0.0755 e. The lowest BCUT2D eigenvalue weighted by Crippen LogP contribution is -1.84. The van der Waals surface area contributed by atoms with Gasteiger partial charge < -0.3 is 0 Å². The van der Waals surface area contributed by atoms with Crippen molar-refractivity contribution < 1.29 is 0 Å². The third kappa shape index (κ3) is 3.47. The second-order valence-electron chi connectivity index (χ2n) is 4.33. The molecule has 0 spiro atoms. The molecule has 0 aromatic heterocycles. The largest absolute Gasteiger partial charge is 0.246 e. The first kappa shape index (κ1) is 12.9. The van der Waals surface area contributed by atoms with Gasteiger partial charge >= 0.3 is 0 Å². The molecule has 0 atom stereocenters. The minimum atomic E-state index is 1.05. The molecular formula is C16H17NS. The Hall–Kier alpha value is -1.54. The minimum Gasteiger partial charge on any atom is -0.246 e. The molecule has 0 amide bonds. The highest BCUT2D eigenvalue weighted by atomic mass is 32.2. The van der Waals surface area contributed by atoms with Crippen LogP contribution in [-0.4, -0.2) is 5.04 Å². The number of aliphatic imine (C=N–C) groups is 1. The van der Waals surface area contributed by atoms with Crippen LogP contribution in [-0.2, 0) is 0 Å². The van der Waals surface area contributed by atoms with E-state index in [1.165, 1.54) is 16.0 Å². The van der Waals surface area contributed by atoms with Crippen LogP contribution in [0.15, 0.2) is 58.4 Å².